The number of hydrogen-bond acceptors (Lipinski definition) is 4. The molecule has 0 heterocycles. The molecule has 0 unspecified atom stereocenters. The molecule has 0 aromatic heterocycles. The van der Waals surface area contributed by atoms with Crippen molar-refractivity contribution < 1.29 is 19.9 Å². The van der Waals surface area contributed by atoms with E-state index in [9.17, 15) is 19.9 Å². The van der Waals surface area contributed by atoms with Gasteiger partial charge in [-0.2, -0.15) is 0 Å². The third-order valence-corrected chi connectivity index (χ3v) is 3.77. The van der Waals surface area contributed by atoms with Crippen molar-refractivity contribution in [3.05, 3.63) is 29.3 Å². The van der Waals surface area contributed by atoms with Crippen molar-refractivity contribution in [2.75, 3.05) is 7.05 Å². The van der Waals surface area contributed by atoms with Crippen LogP contribution in [0.4, 0.5) is 0 Å². The molecule has 0 saturated carbocycles. The van der Waals surface area contributed by atoms with Gasteiger partial charge >= 0.3 is 0 Å². The summed E-state index contributed by atoms with van der Waals surface area (Å²) in [6.45, 7) is 5.79. The molecule has 0 aliphatic rings. The third-order valence-electron chi connectivity index (χ3n) is 3.77. The molecular formula is C17H26N2O4. The second-order valence-electron chi connectivity index (χ2n) is 6.12. The van der Waals surface area contributed by atoms with Gasteiger partial charge in [-0.3, -0.25) is 14.8 Å². The van der Waals surface area contributed by atoms with E-state index >= 15 is 0 Å². The number of carbonyl (C=O) groups excluding carboxylic acids is 2. The Bertz CT molecular complexity index is 558. The summed E-state index contributed by atoms with van der Waals surface area (Å²) in [5, 5.41) is 22.6. The molecule has 0 aliphatic carbocycles. The standard InChI is InChI=1S/C17H26N2O4/c1-11(2)5-8-16(21)19(23)15(17(22)18-4)10-13-6-7-14(20)9-12(13)3/h6-7,9,11,15,20,23H,5,8,10H2,1-4H3,(H,18,22)/t15-/m0/s1. The molecule has 23 heavy (non-hydrogen) atoms. The first-order valence-corrected chi connectivity index (χ1v) is 7.77. The molecule has 1 aromatic rings. The maximum Gasteiger partial charge on any atom is 0.246 e. The predicted octanol–water partition coefficient (Wildman–Crippen LogP) is 2.01. The van der Waals surface area contributed by atoms with Crippen molar-refractivity contribution in [1.29, 1.82) is 0 Å². The molecule has 0 saturated heterocycles. The number of hydroxylamine groups is 2. The largest absolute Gasteiger partial charge is 0.508 e. The normalized spacial score (nSPS) is 12.1. The Balaban J connectivity index is 2.91. The summed E-state index contributed by atoms with van der Waals surface area (Å²) < 4.78 is 0. The Kier molecular flexibility index (Phi) is 7.03. The first-order chi connectivity index (χ1) is 10.8. The van der Waals surface area contributed by atoms with Crippen molar-refractivity contribution in [3.63, 3.8) is 0 Å². The van der Waals surface area contributed by atoms with E-state index in [-0.39, 0.29) is 18.6 Å². The van der Waals surface area contributed by atoms with Crippen molar-refractivity contribution in [2.24, 2.45) is 5.92 Å². The molecule has 6 nitrogen and oxygen atoms in total. The SMILES string of the molecule is CNC(=O)[C@H](Cc1ccc(O)cc1C)N(O)C(=O)CCC(C)C. The summed E-state index contributed by atoms with van der Waals surface area (Å²) in [5.74, 6) is -0.427. The first-order valence-electron chi connectivity index (χ1n) is 7.77. The Morgan fingerprint density at radius 1 is 1.30 bits per heavy atom. The smallest absolute Gasteiger partial charge is 0.246 e. The zero-order valence-corrected chi connectivity index (χ0v) is 14.2. The highest BCUT2D eigenvalue weighted by Gasteiger charge is 2.28. The second kappa shape index (κ2) is 8.53. The molecular weight excluding hydrogens is 296 g/mol. The fourth-order valence-corrected chi connectivity index (χ4v) is 2.27. The fraction of sp³-hybridized carbons (Fsp3) is 0.529. The van der Waals surface area contributed by atoms with E-state index in [1.165, 1.54) is 13.1 Å². The molecule has 0 radical (unpaired) electrons. The molecule has 0 aliphatic heterocycles. The van der Waals surface area contributed by atoms with Gasteiger partial charge in [0, 0.05) is 19.9 Å². The summed E-state index contributed by atoms with van der Waals surface area (Å²) in [4.78, 5) is 24.2. The number of benzene rings is 1. The lowest BCUT2D eigenvalue weighted by Gasteiger charge is -2.25. The van der Waals surface area contributed by atoms with Crippen molar-refractivity contribution >= 4 is 11.8 Å². The average Bonchev–Trinajstić information content (AvgIpc) is 2.50. The number of nitrogens with zero attached hydrogens (tertiary/aromatic N) is 1. The van der Waals surface area contributed by atoms with Crippen LogP contribution in [-0.4, -0.2) is 40.3 Å². The number of rotatable bonds is 7. The molecule has 128 valence electrons. The highest BCUT2D eigenvalue weighted by atomic mass is 16.5. The van der Waals surface area contributed by atoms with Crippen molar-refractivity contribution in [3.8, 4) is 5.75 Å². The molecule has 0 bridgehead atoms. The van der Waals surface area contributed by atoms with E-state index in [0.717, 1.165) is 11.1 Å². The van der Waals surface area contributed by atoms with Crippen LogP contribution in [0.3, 0.4) is 0 Å². The maximum atomic E-state index is 12.1. The number of aromatic hydroxyl groups is 1. The fourth-order valence-electron chi connectivity index (χ4n) is 2.27. The number of phenols is 1. The minimum atomic E-state index is -0.997. The highest BCUT2D eigenvalue weighted by Crippen LogP contribution is 2.19. The van der Waals surface area contributed by atoms with E-state index in [0.29, 0.717) is 17.4 Å². The summed E-state index contributed by atoms with van der Waals surface area (Å²) in [6, 6.07) is 3.79. The molecule has 1 rings (SSSR count). The van der Waals surface area contributed by atoms with Crippen LogP contribution in [0.1, 0.15) is 37.8 Å². The molecule has 2 amide bonds. The molecule has 0 spiro atoms. The lowest BCUT2D eigenvalue weighted by atomic mass is 9.99. The number of phenolic OH excluding ortho intramolecular Hbond substituents is 1. The van der Waals surface area contributed by atoms with Crippen LogP contribution >= 0.6 is 0 Å². The molecule has 1 aromatic carbocycles. The van der Waals surface area contributed by atoms with Gasteiger partial charge in [0.15, 0.2) is 0 Å². The predicted molar refractivity (Wildman–Crippen MR) is 87.1 cm³/mol. The van der Waals surface area contributed by atoms with Crippen LogP contribution in [0.2, 0.25) is 0 Å². The van der Waals surface area contributed by atoms with Crippen LogP contribution in [0.5, 0.6) is 5.75 Å². The van der Waals surface area contributed by atoms with Gasteiger partial charge in [-0.15, -0.1) is 0 Å². The highest BCUT2D eigenvalue weighted by molar-refractivity contribution is 5.87. The minimum absolute atomic E-state index is 0.136. The van der Waals surface area contributed by atoms with Gasteiger partial charge in [0.2, 0.25) is 11.8 Å². The van der Waals surface area contributed by atoms with Crippen LogP contribution in [0.15, 0.2) is 18.2 Å². The van der Waals surface area contributed by atoms with Gasteiger partial charge in [0.05, 0.1) is 0 Å². The van der Waals surface area contributed by atoms with Gasteiger partial charge in [0.1, 0.15) is 11.8 Å². The van der Waals surface area contributed by atoms with E-state index in [4.69, 9.17) is 0 Å². The van der Waals surface area contributed by atoms with Crippen molar-refractivity contribution in [1.82, 2.24) is 10.4 Å². The van der Waals surface area contributed by atoms with Crippen LogP contribution < -0.4 is 5.32 Å². The summed E-state index contributed by atoms with van der Waals surface area (Å²) in [6.07, 6.45) is 1.01. The Morgan fingerprint density at radius 2 is 1.96 bits per heavy atom. The molecule has 0 fully saturated rings. The van der Waals surface area contributed by atoms with E-state index in [1.54, 1.807) is 19.1 Å². The van der Waals surface area contributed by atoms with Gasteiger partial charge in [-0.1, -0.05) is 19.9 Å². The molecule has 1 atom stereocenters. The van der Waals surface area contributed by atoms with Gasteiger partial charge < -0.3 is 10.4 Å². The Labute approximate surface area is 137 Å². The Morgan fingerprint density at radius 3 is 2.48 bits per heavy atom. The van der Waals surface area contributed by atoms with Crippen LogP contribution in [0, 0.1) is 12.8 Å². The number of hydrogen-bond donors (Lipinski definition) is 3. The first kappa shape index (κ1) is 19.0. The number of carbonyl (C=O) groups is 2. The minimum Gasteiger partial charge on any atom is -0.508 e. The van der Waals surface area contributed by atoms with Gasteiger partial charge in [-0.05, 0) is 42.5 Å². The molecule has 6 heteroatoms. The average molecular weight is 322 g/mol. The monoisotopic (exact) mass is 322 g/mol. The summed E-state index contributed by atoms with van der Waals surface area (Å²) in [7, 11) is 1.46. The second-order valence-corrected chi connectivity index (χ2v) is 6.12. The zero-order valence-electron chi connectivity index (χ0n) is 14.2. The van der Waals surface area contributed by atoms with Crippen molar-refractivity contribution in [2.45, 2.75) is 46.1 Å². The van der Waals surface area contributed by atoms with Gasteiger partial charge in [0.25, 0.3) is 0 Å². The molecule has 3 N–H and O–H groups in total. The van der Waals surface area contributed by atoms with Crippen LogP contribution in [0.25, 0.3) is 0 Å². The number of nitrogens with one attached hydrogen (secondary N) is 1. The quantitative estimate of drug-likeness (QED) is 0.529. The maximum absolute atomic E-state index is 12.1. The zero-order chi connectivity index (χ0) is 17.6. The summed E-state index contributed by atoms with van der Waals surface area (Å²) in [5.41, 5.74) is 1.58. The number of aryl methyl sites for hydroxylation is 1. The number of amides is 2. The van der Waals surface area contributed by atoms with Crippen LogP contribution in [-0.2, 0) is 16.0 Å². The summed E-state index contributed by atoms with van der Waals surface area (Å²) >= 11 is 0. The van der Waals surface area contributed by atoms with E-state index in [2.05, 4.69) is 5.32 Å². The number of likely N-dealkylation sites (N-methyl/N-ethyl adjacent to an activating group) is 1. The lowest BCUT2D eigenvalue weighted by Crippen LogP contribution is -2.48. The Hall–Kier alpha value is -2.08. The van der Waals surface area contributed by atoms with E-state index in [1.807, 2.05) is 13.8 Å². The topological polar surface area (TPSA) is 89.9 Å². The van der Waals surface area contributed by atoms with E-state index < -0.39 is 17.9 Å². The lowest BCUT2D eigenvalue weighted by molar-refractivity contribution is -0.180. The van der Waals surface area contributed by atoms with Gasteiger partial charge in [-0.25, -0.2) is 5.06 Å². The third kappa shape index (κ3) is 5.56.